The van der Waals surface area contributed by atoms with Gasteiger partial charge in [0.05, 0.1) is 11.1 Å². The maximum atomic E-state index is 6.40. The maximum absolute atomic E-state index is 6.40. The topological polar surface area (TPSA) is 29.9 Å². The molecule has 0 bridgehead atoms. The van der Waals surface area contributed by atoms with Crippen LogP contribution in [0.15, 0.2) is 71.3 Å². The number of hydrogen-bond acceptors (Lipinski definition) is 2. The largest absolute Gasteiger partial charge is 0.437 e. The molecule has 3 heterocycles. The van der Waals surface area contributed by atoms with Crippen molar-refractivity contribution in [2.24, 2.45) is 13.0 Å². The fourth-order valence-corrected chi connectivity index (χ4v) is 4.70. The number of nitrogens with zero attached hydrogens (tertiary/aromatic N) is 2. The summed E-state index contributed by atoms with van der Waals surface area (Å²) in [6.45, 7) is 8.69. The minimum absolute atomic E-state index is 0.624. The van der Waals surface area contributed by atoms with Crippen LogP contribution in [0.25, 0.3) is 44.5 Å². The molecule has 2 aromatic carbocycles. The van der Waals surface area contributed by atoms with Gasteiger partial charge in [0, 0.05) is 22.5 Å². The fraction of sp³-hybridized carbons (Fsp3) is 0.241. The quantitative estimate of drug-likeness (QED) is 0.294. The highest BCUT2D eigenvalue weighted by molar-refractivity contribution is 6.09. The van der Waals surface area contributed by atoms with Crippen molar-refractivity contribution < 1.29 is 8.98 Å². The standard InChI is InChI=1S/C29H29N2O/c1-18(2)16-21-8-6-9-22(17-21)23-10-7-15-31(5)27(23)26-19(3)11-13-24-25-14-12-20(4)30-29(25)32-28(24)26/h6-15,17-18H,16H2,1-5H3/q+1. The van der Waals surface area contributed by atoms with Crippen molar-refractivity contribution in [2.45, 2.75) is 34.1 Å². The average Bonchev–Trinajstić information content (AvgIpc) is 3.11. The first-order chi connectivity index (χ1) is 15.4. The molecule has 5 aromatic rings. The van der Waals surface area contributed by atoms with E-state index < -0.39 is 0 Å². The predicted molar refractivity (Wildman–Crippen MR) is 132 cm³/mol. The van der Waals surface area contributed by atoms with E-state index >= 15 is 0 Å². The zero-order valence-electron chi connectivity index (χ0n) is 19.4. The van der Waals surface area contributed by atoms with Gasteiger partial charge in [0.25, 0.3) is 0 Å². The van der Waals surface area contributed by atoms with Crippen molar-refractivity contribution in [3.8, 4) is 22.4 Å². The maximum Gasteiger partial charge on any atom is 0.227 e. The lowest BCUT2D eigenvalue weighted by molar-refractivity contribution is -0.659. The second-order valence-corrected chi connectivity index (χ2v) is 9.22. The minimum Gasteiger partial charge on any atom is -0.437 e. The van der Waals surface area contributed by atoms with E-state index in [1.807, 2.05) is 13.0 Å². The molecule has 0 spiro atoms. The summed E-state index contributed by atoms with van der Waals surface area (Å²) in [5.41, 5.74) is 9.85. The third kappa shape index (κ3) is 3.48. The molecular formula is C29H29N2O+. The van der Waals surface area contributed by atoms with E-state index in [1.165, 1.54) is 22.3 Å². The van der Waals surface area contributed by atoms with Crippen molar-refractivity contribution >= 4 is 22.1 Å². The highest BCUT2D eigenvalue weighted by atomic mass is 16.3. The number of fused-ring (bicyclic) bond motifs is 3. The number of benzene rings is 2. The Morgan fingerprint density at radius 3 is 2.56 bits per heavy atom. The lowest BCUT2D eigenvalue weighted by Gasteiger charge is -2.12. The molecule has 0 amide bonds. The molecule has 0 atom stereocenters. The van der Waals surface area contributed by atoms with Crippen molar-refractivity contribution in [2.75, 3.05) is 0 Å². The van der Waals surface area contributed by atoms with Crippen LogP contribution >= 0.6 is 0 Å². The van der Waals surface area contributed by atoms with Gasteiger partial charge in [0.1, 0.15) is 7.05 Å². The van der Waals surface area contributed by atoms with Gasteiger partial charge in [0.2, 0.25) is 11.4 Å². The van der Waals surface area contributed by atoms with Gasteiger partial charge in [-0.05, 0) is 61.1 Å². The van der Waals surface area contributed by atoms with Gasteiger partial charge in [-0.1, -0.05) is 50.2 Å². The number of hydrogen-bond donors (Lipinski definition) is 0. The Bertz CT molecular complexity index is 1460. The van der Waals surface area contributed by atoms with Crippen molar-refractivity contribution in [3.63, 3.8) is 0 Å². The Morgan fingerprint density at radius 1 is 0.938 bits per heavy atom. The molecule has 3 heteroatoms. The normalized spacial score (nSPS) is 11.7. The molecule has 32 heavy (non-hydrogen) atoms. The van der Waals surface area contributed by atoms with Gasteiger partial charge in [-0.3, -0.25) is 0 Å². The van der Waals surface area contributed by atoms with Crippen molar-refractivity contribution in [1.29, 1.82) is 0 Å². The van der Waals surface area contributed by atoms with Crippen LogP contribution in [0.4, 0.5) is 0 Å². The van der Waals surface area contributed by atoms with E-state index in [-0.39, 0.29) is 0 Å². The summed E-state index contributed by atoms with van der Waals surface area (Å²) in [7, 11) is 2.11. The van der Waals surface area contributed by atoms with Crippen LogP contribution < -0.4 is 4.57 Å². The summed E-state index contributed by atoms with van der Waals surface area (Å²) >= 11 is 0. The zero-order valence-corrected chi connectivity index (χ0v) is 19.4. The molecule has 0 saturated carbocycles. The molecule has 3 nitrogen and oxygen atoms in total. The number of furan rings is 1. The second-order valence-electron chi connectivity index (χ2n) is 9.22. The molecule has 3 aromatic heterocycles. The summed E-state index contributed by atoms with van der Waals surface area (Å²) in [5.74, 6) is 0.624. The van der Waals surface area contributed by atoms with Crippen molar-refractivity contribution in [3.05, 3.63) is 83.7 Å². The van der Waals surface area contributed by atoms with E-state index in [4.69, 9.17) is 4.42 Å². The van der Waals surface area contributed by atoms with E-state index in [0.29, 0.717) is 11.6 Å². The third-order valence-electron chi connectivity index (χ3n) is 6.15. The number of aromatic nitrogens is 2. The van der Waals surface area contributed by atoms with Crippen LogP contribution in [0.1, 0.15) is 30.7 Å². The van der Waals surface area contributed by atoms with Crippen LogP contribution in [0.5, 0.6) is 0 Å². The smallest absolute Gasteiger partial charge is 0.227 e. The van der Waals surface area contributed by atoms with Gasteiger partial charge in [-0.2, -0.15) is 0 Å². The molecule has 0 unspecified atom stereocenters. The van der Waals surface area contributed by atoms with E-state index in [1.54, 1.807) is 0 Å². The monoisotopic (exact) mass is 421 g/mol. The van der Waals surface area contributed by atoms with E-state index in [2.05, 4.69) is 98.2 Å². The van der Waals surface area contributed by atoms with E-state index in [0.717, 1.165) is 39.7 Å². The number of rotatable bonds is 4. The molecule has 0 aliphatic carbocycles. The van der Waals surface area contributed by atoms with Gasteiger partial charge in [0.15, 0.2) is 11.8 Å². The Labute approximate surface area is 189 Å². The predicted octanol–water partition coefficient (Wildman–Crippen LogP) is 6.95. The molecule has 0 saturated heterocycles. The SMILES string of the molecule is Cc1ccc2c(n1)oc1c(-c3c(-c4cccc(CC(C)C)c4)ccc[n+]3C)c(C)ccc12. The Morgan fingerprint density at radius 2 is 1.75 bits per heavy atom. The zero-order chi connectivity index (χ0) is 22.4. The van der Waals surface area contributed by atoms with Gasteiger partial charge in [-0.15, -0.1) is 0 Å². The Balaban J connectivity index is 1.80. The molecule has 160 valence electrons. The Kier molecular flexibility index (Phi) is 5.05. The van der Waals surface area contributed by atoms with Crippen LogP contribution in [0.2, 0.25) is 0 Å². The van der Waals surface area contributed by atoms with Crippen LogP contribution in [0.3, 0.4) is 0 Å². The molecule has 0 fully saturated rings. The van der Waals surface area contributed by atoms with Crippen LogP contribution in [-0.4, -0.2) is 4.98 Å². The molecule has 5 rings (SSSR count). The number of aryl methyl sites for hydroxylation is 3. The summed E-state index contributed by atoms with van der Waals surface area (Å²) in [4.78, 5) is 4.65. The first kappa shape index (κ1) is 20.4. The highest BCUT2D eigenvalue weighted by Crippen LogP contribution is 2.39. The van der Waals surface area contributed by atoms with Gasteiger partial charge < -0.3 is 4.42 Å². The van der Waals surface area contributed by atoms with E-state index in [9.17, 15) is 0 Å². The molecule has 0 aliphatic rings. The highest BCUT2D eigenvalue weighted by Gasteiger charge is 2.25. The summed E-state index contributed by atoms with van der Waals surface area (Å²) < 4.78 is 8.60. The minimum atomic E-state index is 0.624. The summed E-state index contributed by atoms with van der Waals surface area (Å²) in [6.07, 6.45) is 3.19. The second kappa shape index (κ2) is 7.90. The molecule has 0 N–H and O–H groups in total. The third-order valence-corrected chi connectivity index (χ3v) is 6.15. The first-order valence-corrected chi connectivity index (χ1v) is 11.3. The van der Waals surface area contributed by atoms with Crippen molar-refractivity contribution in [1.82, 2.24) is 4.98 Å². The van der Waals surface area contributed by atoms with Gasteiger partial charge in [-0.25, -0.2) is 9.55 Å². The molecule has 0 radical (unpaired) electrons. The molecule has 0 aliphatic heterocycles. The van der Waals surface area contributed by atoms with Crippen LogP contribution in [-0.2, 0) is 13.5 Å². The first-order valence-electron chi connectivity index (χ1n) is 11.3. The average molecular weight is 422 g/mol. The number of pyridine rings is 2. The lowest BCUT2D eigenvalue weighted by atomic mass is 9.92. The fourth-order valence-electron chi connectivity index (χ4n) is 4.70. The Hall–Kier alpha value is -3.46. The summed E-state index contributed by atoms with van der Waals surface area (Å²) in [6, 6.07) is 21.8. The van der Waals surface area contributed by atoms with Gasteiger partial charge >= 0.3 is 0 Å². The molecular weight excluding hydrogens is 392 g/mol. The summed E-state index contributed by atoms with van der Waals surface area (Å²) in [5, 5.41) is 2.17. The van der Waals surface area contributed by atoms with Crippen LogP contribution in [0, 0.1) is 19.8 Å². The lowest BCUT2D eigenvalue weighted by Crippen LogP contribution is -2.31.